The summed E-state index contributed by atoms with van der Waals surface area (Å²) in [6, 6.07) is 0.254. The van der Waals surface area contributed by atoms with Gasteiger partial charge in [-0.3, -0.25) is 9.59 Å². The van der Waals surface area contributed by atoms with Gasteiger partial charge in [0, 0.05) is 31.0 Å². The molecule has 0 aromatic carbocycles. The number of likely N-dealkylation sites (tertiary alicyclic amines) is 1. The van der Waals surface area contributed by atoms with Crippen LogP contribution in [0.25, 0.3) is 0 Å². The molecule has 1 saturated carbocycles. The Bertz CT molecular complexity index is 364. The summed E-state index contributed by atoms with van der Waals surface area (Å²) in [5.41, 5.74) is 11.3. The van der Waals surface area contributed by atoms with E-state index in [4.69, 9.17) is 11.5 Å². The first kappa shape index (κ1) is 15.3. The van der Waals surface area contributed by atoms with Crippen LogP contribution in [0.2, 0.25) is 0 Å². The Hall–Kier alpha value is -1.10. The van der Waals surface area contributed by atoms with Crippen LogP contribution in [-0.2, 0) is 9.59 Å². The molecule has 0 bridgehead atoms. The molecule has 0 radical (unpaired) electrons. The Morgan fingerprint density at radius 1 is 1.15 bits per heavy atom. The van der Waals surface area contributed by atoms with Crippen LogP contribution in [0.3, 0.4) is 0 Å². The highest BCUT2D eigenvalue weighted by molar-refractivity contribution is 5.80. The molecule has 0 aromatic rings. The van der Waals surface area contributed by atoms with E-state index in [1.165, 1.54) is 0 Å². The second kappa shape index (κ2) is 6.57. The summed E-state index contributed by atoms with van der Waals surface area (Å²) < 4.78 is 0. The number of nitrogens with two attached hydrogens (primary N) is 2. The number of carbonyl (C=O) groups excluding carboxylic acids is 2. The molecule has 3 atom stereocenters. The summed E-state index contributed by atoms with van der Waals surface area (Å²) in [7, 11) is 0. The maximum Gasteiger partial charge on any atom is 0.225 e. The molecule has 2 rings (SSSR count). The lowest BCUT2D eigenvalue weighted by Crippen LogP contribution is -2.46. The summed E-state index contributed by atoms with van der Waals surface area (Å²) in [5, 5.41) is 0. The number of rotatable bonds is 3. The van der Waals surface area contributed by atoms with Crippen LogP contribution in [0.4, 0.5) is 0 Å². The van der Waals surface area contributed by atoms with Crippen LogP contribution >= 0.6 is 0 Å². The summed E-state index contributed by atoms with van der Waals surface area (Å²) in [6.45, 7) is 3.36. The van der Waals surface area contributed by atoms with Crippen molar-refractivity contribution in [2.75, 3.05) is 13.1 Å². The van der Waals surface area contributed by atoms with E-state index in [0.717, 1.165) is 25.7 Å². The van der Waals surface area contributed by atoms with Gasteiger partial charge in [0.15, 0.2) is 0 Å². The zero-order valence-electron chi connectivity index (χ0n) is 12.4. The highest BCUT2D eigenvalue weighted by Crippen LogP contribution is 2.31. The molecule has 0 spiro atoms. The van der Waals surface area contributed by atoms with Gasteiger partial charge >= 0.3 is 0 Å². The molecule has 0 aromatic heterocycles. The van der Waals surface area contributed by atoms with E-state index in [1.807, 2.05) is 11.8 Å². The van der Waals surface area contributed by atoms with Gasteiger partial charge in [-0.05, 0) is 38.0 Å². The molecule has 4 N–H and O–H groups in total. The Labute approximate surface area is 121 Å². The summed E-state index contributed by atoms with van der Waals surface area (Å²) >= 11 is 0. The van der Waals surface area contributed by atoms with E-state index in [-0.39, 0.29) is 29.7 Å². The molecule has 20 heavy (non-hydrogen) atoms. The minimum Gasteiger partial charge on any atom is -0.369 e. The SMILES string of the molecule is CC(C(=O)N1CCC(C(N)=O)CC1)C1CCCC(N)C1. The fourth-order valence-electron chi connectivity index (χ4n) is 3.59. The minimum absolute atomic E-state index is 0.0477. The van der Waals surface area contributed by atoms with Crippen LogP contribution < -0.4 is 11.5 Å². The van der Waals surface area contributed by atoms with Crippen molar-refractivity contribution in [2.24, 2.45) is 29.2 Å². The molecule has 5 nitrogen and oxygen atoms in total. The molecule has 1 aliphatic heterocycles. The second-order valence-corrected chi connectivity index (χ2v) is 6.48. The minimum atomic E-state index is -0.233. The number of amides is 2. The first-order valence-electron chi connectivity index (χ1n) is 7.82. The number of hydrogen-bond donors (Lipinski definition) is 2. The van der Waals surface area contributed by atoms with Gasteiger partial charge in [0.1, 0.15) is 0 Å². The highest BCUT2D eigenvalue weighted by atomic mass is 16.2. The van der Waals surface area contributed by atoms with E-state index in [9.17, 15) is 9.59 Å². The lowest BCUT2D eigenvalue weighted by atomic mass is 9.78. The fourth-order valence-corrected chi connectivity index (χ4v) is 3.59. The van der Waals surface area contributed by atoms with Crippen LogP contribution in [-0.4, -0.2) is 35.8 Å². The molecule has 1 aliphatic carbocycles. The number of primary amides is 1. The Morgan fingerprint density at radius 2 is 1.80 bits per heavy atom. The number of nitrogens with zero attached hydrogens (tertiary/aromatic N) is 1. The van der Waals surface area contributed by atoms with Crippen molar-refractivity contribution in [2.45, 2.75) is 51.5 Å². The lowest BCUT2D eigenvalue weighted by molar-refractivity contribution is -0.140. The third-order valence-corrected chi connectivity index (χ3v) is 5.06. The number of piperidine rings is 1. The van der Waals surface area contributed by atoms with Crippen molar-refractivity contribution < 1.29 is 9.59 Å². The number of carbonyl (C=O) groups is 2. The van der Waals surface area contributed by atoms with E-state index in [1.54, 1.807) is 0 Å². The molecule has 2 fully saturated rings. The predicted molar refractivity (Wildman–Crippen MR) is 77.6 cm³/mol. The van der Waals surface area contributed by atoms with Crippen molar-refractivity contribution in [3.05, 3.63) is 0 Å². The Kier molecular flexibility index (Phi) is 5.02. The Balaban J connectivity index is 1.86. The smallest absolute Gasteiger partial charge is 0.225 e. The molecule has 2 amide bonds. The largest absolute Gasteiger partial charge is 0.369 e. The van der Waals surface area contributed by atoms with Crippen LogP contribution in [0.1, 0.15) is 45.4 Å². The van der Waals surface area contributed by atoms with Crippen molar-refractivity contribution in [3.8, 4) is 0 Å². The molecule has 3 unspecified atom stereocenters. The molecular weight excluding hydrogens is 254 g/mol. The molecule has 5 heteroatoms. The van der Waals surface area contributed by atoms with Gasteiger partial charge in [-0.2, -0.15) is 0 Å². The van der Waals surface area contributed by atoms with Crippen molar-refractivity contribution in [3.63, 3.8) is 0 Å². The van der Waals surface area contributed by atoms with Crippen LogP contribution in [0, 0.1) is 17.8 Å². The maximum absolute atomic E-state index is 12.5. The van der Waals surface area contributed by atoms with Crippen molar-refractivity contribution in [1.29, 1.82) is 0 Å². The highest BCUT2D eigenvalue weighted by Gasteiger charge is 2.33. The van der Waals surface area contributed by atoms with Gasteiger partial charge in [0.25, 0.3) is 0 Å². The Morgan fingerprint density at radius 3 is 2.35 bits per heavy atom. The van der Waals surface area contributed by atoms with Crippen molar-refractivity contribution >= 4 is 11.8 Å². The van der Waals surface area contributed by atoms with Gasteiger partial charge in [0.05, 0.1) is 0 Å². The first-order chi connectivity index (χ1) is 9.49. The van der Waals surface area contributed by atoms with Gasteiger partial charge in [0.2, 0.25) is 11.8 Å². The molecule has 114 valence electrons. The predicted octanol–water partition coefficient (Wildman–Crippen LogP) is 0.864. The first-order valence-corrected chi connectivity index (χ1v) is 7.82. The van der Waals surface area contributed by atoms with Gasteiger partial charge < -0.3 is 16.4 Å². The standard InChI is InChI=1S/C15H27N3O2/c1-10(12-3-2-4-13(16)9-12)15(20)18-7-5-11(6-8-18)14(17)19/h10-13H,2-9,16H2,1H3,(H2,17,19). The average molecular weight is 281 g/mol. The third kappa shape index (κ3) is 3.51. The fraction of sp³-hybridized carbons (Fsp3) is 0.867. The zero-order chi connectivity index (χ0) is 14.7. The summed E-state index contributed by atoms with van der Waals surface area (Å²) in [6.07, 6.45) is 5.70. The van der Waals surface area contributed by atoms with E-state index in [2.05, 4.69) is 0 Å². The van der Waals surface area contributed by atoms with Gasteiger partial charge in [-0.25, -0.2) is 0 Å². The van der Waals surface area contributed by atoms with Gasteiger partial charge in [-0.1, -0.05) is 13.3 Å². The summed E-state index contributed by atoms with van der Waals surface area (Å²) in [5.74, 6) is 0.402. The van der Waals surface area contributed by atoms with E-state index >= 15 is 0 Å². The molecule has 2 aliphatic rings. The number of hydrogen-bond acceptors (Lipinski definition) is 3. The average Bonchev–Trinajstić information content (AvgIpc) is 2.46. The zero-order valence-corrected chi connectivity index (χ0v) is 12.4. The maximum atomic E-state index is 12.5. The lowest BCUT2D eigenvalue weighted by Gasteiger charge is -2.36. The molecule has 1 heterocycles. The van der Waals surface area contributed by atoms with E-state index in [0.29, 0.717) is 31.8 Å². The normalized spacial score (nSPS) is 30.0. The summed E-state index contributed by atoms with van der Waals surface area (Å²) in [4.78, 5) is 25.6. The third-order valence-electron chi connectivity index (χ3n) is 5.06. The van der Waals surface area contributed by atoms with Gasteiger partial charge in [-0.15, -0.1) is 0 Å². The monoisotopic (exact) mass is 281 g/mol. The molecule has 1 saturated heterocycles. The van der Waals surface area contributed by atoms with Crippen LogP contribution in [0.15, 0.2) is 0 Å². The second-order valence-electron chi connectivity index (χ2n) is 6.48. The topological polar surface area (TPSA) is 89.4 Å². The molecular formula is C15H27N3O2. The van der Waals surface area contributed by atoms with Crippen molar-refractivity contribution in [1.82, 2.24) is 4.90 Å². The quantitative estimate of drug-likeness (QED) is 0.804. The van der Waals surface area contributed by atoms with E-state index < -0.39 is 0 Å². The van der Waals surface area contributed by atoms with Crippen LogP contribution in [0.5, 0.6) is 0 Å².